The summed E-state index contributed by atoms with van der Waals surface area (Å²) in [5.41, 5.74) is 0.275. The first-order valence-electron chi connectivity index (χ1n) is 5.39. The molecule has 5 nitrogen and oxygen atoms in total. The van der Waals surface area contributed by atoms with Gasteiger partial charge >= 0.3 is 0 Å². The van der Waals surface area contributed by atoms with Crippen LogP contribution >= 0.6 is 0 Å². The van der Waals surface area contributed by atoms with Crippen molar-refractivity contribution in [2.75, 3.05) is 13.1 Å². The molecular weight excluding hydrogens is 227 g/mol. The number of benzene rings is 1. The summed E-state index contributed by atoms with van der Waals surface area (Å²) in [6.45, 7) is 1.45. The van der Waals surface area contributed by atoms with Gasteiger partial charge in [-0.3, -0.25) is 15.0 Å². The summed E-state index contributed by atoms with van der Waals surface area (Å²) in [5, 5.41) is 20.1. The molecule has 0 aromatic heterocycles. The molecule has 1 heterocycles. The van der Waals surface area contributed by atoms with E-state index >= 15 is 0 Å². The van der Waals surface area contributed by atoms with Crippen LogP contribution in [-0.4, -0.2) is 34.1 Å². The zero-order chi connectivity index (χ0) is 12.4. The third kappa shape index (κ3) is 2.78. The molecule has 1 aromatic rings. The molecule has 1 aliphatic heterocycles. The molecule has 1 atom stereocenters. The molecule has 0 saturated carbocycles. The van der Waals surface area contributed by atoms with Crippen LogP contribution in [0.2, 0.25) is 0 Å². The minimum atomic E-state index is -0.513. The van der Waals surface area contributed by atoms with Gasteiger partial charge in [0.05, 0.1) is 11.0 Å². The highest BCUT2D eigenvalue weighted by atomic mass is 19.1. The molecule has 2 rings (SSSR count). The zero-order valence-electron chi connectivity index (χ0n) is 9.17. The molecule has 0 bridgehead atoms. The second-order valence-electron chi connectivity index (χ2n) is 4.21. The lowest BCUT2D eigenvalue weighted by atomic mass is 10.1. The minimum absolute atomic E-state index is 0.0761. The maximum atomic E-state index is 13.1. The lowest BCUT2D eigenvalue weighted by Crippen LogP contribution is -2.22. The van der Waals surface area contributed by atoms with Crippen LogP contribution in [0, 0.1) is 15.9 Å². The second-order valence-corrected chi connectivity index (χ2v) is 4.21. The number of nitrogens with zero attached hydrogens (tertiary/aromatic N) is 2. The number of hydrogen-bond acceptors (Lipinski definition) is 4. The van der Waals surface area contributed by atoms with Gasteiger partial charge in [-0.25, -0.2) is 4.39 Å². The first-order valence-corrected chi connectivity index (χ1v) is 5.39. The number of halogens is 1. The highest BCUT2D eigenvalue weighted by Gasteiger charge is 2.23. The summed E-state index contributed by atoms with van der Waals surface area (Å²) < 4.78 is 13.1. The van der Waals surface area contributed by atoms with Crippen LogP contribution in [0.4, 0.5) is 10.1 Å². The average Bonchev–Trinajstić information content (AvgIpc) is 2.63. The maximum absolute atomic E-state index is 13.1. The Bertz CT molecular complexity index is 439. The van der Waals surface area contributed by atoms with Gasteiger partial charge < -0.3 is 5.11 Å². The van der Waals surface area contributed by atoms with Gasteiger partial charge in [0.1, 0.15) is 5.82 Å². The topological polar surface area (TPSA) is 66.6 Å². The van der Waals surface area contributed by atoms with Crippen LogP contribution in [0.5, 0.6) is 0 Å². The zero-order valence-corrected chi connectivity index (χ0v) is 9.17. The molecule has 0 amide bonds. The number of aliphatic hydroxyl groups excluding tert-OH is 1. The van der Waals surface area contributed by atoms with E-state index in [1.807, 2.05) is 4.90 Å². The fraction of sp³-hybridized carbons (Fsp3) is 0.455. The van der Waals surface area contributed by atoms with Crippen molar-refractivity contribution in [3.63, 3.8) is 0 Å². The standard InChI is InChI=1S/C11H13FN2O3/c12-9-1-2-11(14(16)17)8(5-9)6-13-4-3-10(15)7-13/h1-2,5,10,15H,3-4,6-7H2/t10-/m0/s1. The van der Waals surface area contributed by atoms with Crippen LogP contribution in [0.25, 0.3) is 0 Å². The predicted octanol–water partition coefficient (Wildman–Crippen LogP) is 1.30. The number of likely N-dealkylation sites (tertiary alicyclic amines) is 1. The quantitative estimate of drug-likeness (QED) is 0.638. The van der Waals surface area contributed by atoms with E-state index < -0.39 is 10.7 Å². The van der Waals surface area contributed by atoms with Crippen LogP contribution in [0.1, 0.15) is 12.0 Å². The fourth-order valence-electron chi connectivity index (χ4n) is 2.06. The lowest BCUT2D eigenvalue weighted by molar-refractivity contribution is -0.385. The van der Waals surface area contributed by atoms with Crippen molar-refractivity contribution in [2.45, 2.75) is 19.1 Å². The van der Waals surface area contributed by atoms with E-state index in [1.165, 1.54) is 12.1 Å². The largest absolute Gasteiger partial charge is 0.392 e. The molecule has 0 spiro atoms. The van der Waals surface area contributed by atoms with Crippen molar-refractivity contribution >= 4 is 5.69 Å². The van der Waals surface area contributed by atoms with Crippen molar-refractivity contribution in [3.8, 4) is 0 Å². The van der Waals surface area contributed by atoms with E-state index in [9.17, 15) is 19.6 Å². The van der Waals surface area contributed by atoms with Crippen molar-refractivity contribution < 1.29 is 14.4 Å². The molecule has 1 N–H and O–H groups in total. The second kappa shape index (κ2) is 4.77. The predicted molar refractivity (Wildman–Crippen MR) is 59.0 cm³/mol. The summed E-state index contributed by atoms with van der Waals surface area (Å²) in [4.78, 5) is 12.2. The van der Waals surface area contributed by atoms with Crippen molar-refractivity contribution in [3.05, 3.63) is 39.7 Å². The molecule has 0 aliphatic carbocycles. The molecule has 17 heavy (non-hydrogen) atoms. The van der Waals surface area contributed by atoms with Crippen LogP contribution in [0.15, 0.2) is 18.2 Å². The summed E-state index contributed by atoms with van der Waals surface area (Å²) in [6.07, 6.45) is 0.269. The van der Waals surface area contributed by atoms with Crippen molar-refractivity contribution in [1.82, 2.24) is 4.90 Å². The average molecular weight is 240 g/mol. The number of rotatable bonds is 3. The minimum Gasteiger partial charge on any atom is -0.392 e. The Labute approximate surface area is 97.6 Å². The Morgan fingerprint density at radius 1 is 1.59 bits per heavy atom. The number of β-amino-alcohol motifs (C(OH)–C–C–N with tert-alkyl or cyclic N) is 1. The van der Waals surface area contributed by atoms with E-state index in [4.69, 9.17) is 0 Å². The van der Waals surface area contributed by atoms with E-state index in [1.54, 1.807) is 0 Å². The van der Waals surface area contributed by atoms with Gasteiger partial charge in [0, 0.05) is 31.3 Å². The molecular formula is C11H13FN2O3. The molecule has 1 aromatic carbocycles. The molecule has 1 saturated heterocycles. The number of nitro groups is 1. The van der Waals surface area contributed by atoms with Crippen LogP contribution in [0.3, 0.4) is 0 Å². The van der Waals surface area contributed by atoms with E-state index in [0.717, 1.165) is 6.07 Å². The molecule has 92 valence electrons. The van der Waals surface area contributed by atoms with Crippen molar-refractivity contribution in [2.24, 2.45) is 0 Å². The Morgan fingerprint density at radius 3 is 2.94 bits per heavy atom. The summed E-state index contributed by atoms with van der Waals surface area (Å²) in [7, 11) is 0. The number of nitro benzene ring substituents is 1. The maximum Gasteiger partial charge on any atom is 0.274 e. The lowest BCUT2D eigenvalue weighted by Gasteiger charge is -2.14. The van der Waals surface area contributed by atoms with Gasteiger partial charge in [-0.1, -0.05) is 0 Å². The summed E-state index contributed by atoms with van der Waals surface area (Å²) in [6, 6.07) is 3.44. The van der Waals surface area contributed by atoms with Gasteiger partial charge in [0.2, 0.25) is 0 Å². The molecule has 6 heteroatoms. The number of aliphatic hydroxyl groups is 1. The van der Waals surface area contributed by atoms with Gasteiger partial charge in [-0.05, 0) is 18.6 Å². The highest BCUT2D eigenvalue weighted by Crippen LogP contribution is 2.23. The Balaban J connectivity index is 2.19. The van der Waals surface area contributed by atoms with Crippen molar-refractivity contribution in [1.29, 1.82) is 0 Å². The Morgan fingerprint density at radius 2 is 2.35 bits per heavy atom. The third-order valence-corrected chi connectivity index (χ3v) is 2.88. The first-order chi connectivity index (χ1) is 8.06. The number of hydrogen-bond donors (Lipinski definition) is 1. The smallest absolute Gasteiger partial charge is 0.274 e. The molecule has 0 unspecified atom stereocenters. The monoisotopic (exact) mass is 240 g/mol. The summed E-state index contributed by atoms with van der Waals surface area (Å²) >= 11 is 0. The molecule has 1 aliphatic rings. The van der Waals surface area contributed by atoms with Gasteiger partial charge in [-0.15, -0.1) is 0 Å². The fourth-order valence-corrected chi connectivity index (χ4v) is 2.06. The molecule has 1 fully saturated rings. The normalized spacial score (nSPS) is 20.7. The van der Waals surface area contributed by atoms with E-state index in [-0.39, 0.29) is 11.8 Å². The Hall–Kier alpha value is -1.53. The van der Waals surface area contributed by atoms with E-state index in [0.29, 0.717) is 31.6 Å². The van der Waals surface area contributed by atoms with Crippen LogP contribution in [-0.2, 0) is 6.54 Å². The third-order valence-electron chi connectivity index (χ3n) is 2.88. The SMILES string of the molecule is O=[N+]([O-])c1ccc(F)cc1CN1CC[C@H](O)C1. The first kappa shape index (κ1) is 11.9. The summed E-state index contributed by atoms with van der Waals surface area (Å²) in [5.74, 6) is -0.481. The highest BCUT2D eigenvalue weighted by molar-refractivity contribution is 5.40. The van der Waals surface area contributed by atoms with Gasteiger partial charge in [-0.2, -0.15) is 0 Å². The van der Waals surface area contributed by atoms with Gasteiger partial charge in [0.25, 0.3) is 5.69 Å². The molecule has 0 radical (unpaired) electrons. The van der Waals surface area contributed by atoms with Crippen LogP contribution < -0.4 is 0 Å². The van der Waals surface area contributed by atoms with Gasteiger partial charge in [0.15, 0.2) is 0 Å². The van der Waals surface area contributed by atoms with E-state index in [2.05, 4.69) is 0 Å². The Kier molecular flexibility index (Phi) is 3.35.